The van der Waals surface area contributed by atoms with Gasteiger partial charge in [-0.05, 0) is 39.8 Å². The van der Waals surface area contributed by atoms with Crippen molar-refractivity contribution in [2.45, 2.75) is 90.2 Å². The molecular formula is C28H39N4O12P. The van der Waals surface area contributed by atoms with Gasteiger partial charge in [0.2, 0.25) is 0 Å². The van der Waals surface area contributed by atoms with E-state index in [0.717, 1.165) is 16.8 Å². The van der Waals surface area contributed by atoms with Crippen LogP contribution in [0.5, 0.6) is 5.75 Å². The monoisotopic (exact) mass is 654 g/mol. The normalized spacial score (nSPS) is 23.4. The molecule has 2 aromatic rings. The van der Waals surface area contributed by atoms with Gasteiger partial charge in [-0.2, -0.15) is 5.09 Å². The van der Waals surface area contributed by atoms with Gasteiger partial charge in [0.25, 0.3) is 5.56 Å². The first-order valence-corrected chi connectivity index (χ1v) is 15.7. The number of carbonyl (C=O) groups is 3. The van der Waals surface area contributed by atoms with Crippen molar-refractivity contribution in [3.63, 3.8) is 0 Å². The molecule has 45 heavy (non-hydrogen) atoms. The lowest BCUT2D eigenvalue weighted by atomic mass is 10.1. The fraction of sp³-hybridized carbons (Fsp3) is 0.536. The highest BCUT2D eigenvalue weighted by molar-refractivity contribution is 7.52. The fourth-order valence-corrected chi connectivity index (χ4v) is 5.60. The average Bonchev–Trinajstić information content (AvgIpc) is 3.22. The largest absolute Gasteiger partial charge is 0.459 e. The van der Waals surface area contributed by atoms with Crippen LogP contribution < -0.4 is 26.6 Å². The lowest BCUT2D eigenvalue weighted by molar-refractivity contribution is -0.172. The summed E-state index contributed by atoms with van der Waals surface area (Å²) in [6.45, 7) is 8.54. The van der Waals surface area contributed by atoms with E-state index >= 15 is 0 Å². The van der Waals surface area contributed by atoms with Gasteiger partial charge in [0.1, 0.15) is 24.0 Å². The first-order valence-electron chi connectivity index (χ1n) is 14.2. The third-order valence-corrected chi connectivity index (χ3v) is 7.79. The maximum absolute atomic E-state index is 14.1. The molecule has 6 atom stereocenters. The maximum Gasteiger partial charge on any atom is 0.459 e. The number of nitrogens with zero attached hydrogens (tertiary/aromatic N) is 1. The Morgan fingerprint density at radius 1 is 1.09 bits per heavy atom. The van der Waals surface area contributed by atoms with Gasteiger partial charge in [-0.15, -0.1) is 0 Å². The summed E-state index contributed by atoms with van der Waals surface area (Å²) in [4.78, 5) is 64.2. The molecule has 0 radical (unpaired) electrons. The van der Waals surface area contributed by atoms with Gasteiger partial charge in [0, 0.05) is 25.1 Å². The number of H-pyrrole nitrogens is 1. The lowest BCUT2D eigenvalue weighted by Gasteiger charge is -2.32. The van der Waals surface area contributed by atoms with E-state index in [9.17, 15) is 28.5 Å². The van der Waals surface area contributed by atoms with Crippen LogP contribution in [-0.2, 0) is 42.4 Å². The third kappa shape index (κ3) is 9.58. The van der Waals surface area contributed by atoms with Gasteiger partial charge in [0.15, 0.2) is 24.2 Å². The Morgan fingerprint density at radius 3 is 2.29 bits per heavy atom. The Hall–Kier alpha value is -3.82. The Labute approximate surface area is 259 Å². The molecule has 4 N–H and O–H groups in total. The minimum absolute atomic E-state index is 0.0984. The molecule has 17 heteroatoms. The molecule has 0 amide bonds. The second kappa shape index (κ2) is 14.5. The Balaban J connectivity index is 2.02. The number of benzene rings is 1. The Bertz CT molecular complexity index is 1520. The minimum Gasteiger partial charge on any atom is -0.459 e. The summed E-state index contributed by atoms with van der Waals surface area (Å²) in [6, 6.07) is 7.71. The summed E-state index contributed by atoms with van der Waals surface area (Å²) >= 11 is 0. The standard InChI is InChI=1S/C28H39N4O12P/c1-7-20(34)40-22-23(41-21(35)8-2)28(29,42-24(22)32-15-14-19(33)30-26(32)37)16-39-45(38,44-18-12-10-9-11-13-18)31-17(3)25(36)43-27(4,5)6/h9-15,17,22-24H,7-8,16,29H2,1-6H3,(H,31,38)(H,30,33,37)/t17-,22+,23-,24+,28+,45?/m0/s1. The SMILES string of the molecule is CCC(=O)O[C@H]1[C@H](n2ccc(=O)[nH]c2=O)O[C@](N)(COP(=O)(N[C@@H](C)C(=O)OC(C)(C)C)Oc2ccccc2)[C@H]1OC(=O)CC. The highest BCUT2D eigenvalue weighted by Crippen LogP contribution is 2.47. The molecule has 248 valence electrons. The van der Waals surface area contributed by atoms with Crippen LogP contribution in [0.4, 0.5) is 0 Å². The van der Waals surface area contributed by atoms with E-state index in [2.05, 4.69) is 10.1 Å². The van der Waals surface area contributed by atoms with Gasteiger partial charge in [-0.3, -0.25) is 39.0 Å². The molecule has 1 aliphatic rings. The maximum atomic E-state index is 14.1. The van der Waals surface area contributed by atoms with Crippen molar-refractivity contribution >= 4 is 25.7 Å². The number of ether oxygens (including phenoxy) is 4. The molecule has 16 nitrogen and oxygen atoms in total. The van der Waals surface area contributed by atoms with E-state index in [1.54, 1.807) is 39.0 Å². The first kappa shape index (κ1) is 35.7. The summed E-state index contributed by atoms with van der Waals surface area (Å²) in [6.07, 6.45) is -3.80. The summed E-state index contributed by atoms with van der Waals surface area (Å²) < 4.78 is 48.8. The Kier molecular flexibility index (Phi) is 11.5. The topological polar surface area (TPSA) is 217 Å². The second-order valence-corrected chi connectivity index (χ2v) is 12.8. The van der Waals surface area contributed by atoms with Crippen molar-refractivity contribution in [2.75, 3.05) is 6.61 Å². The zero-order valence-corrected chi connectivity index (χ0v) is 26.7. The van der Waals surface area contributed by atoms with E-state index < -0.39 is 79.3 Å². The van der Waals surface area contributed by atoms with Crippen LogP contribution in [-0.4, -0.2) is 63.6 Å². The predicted octanol–water partition coefficient (Wildman–Crippen LogP) is 1.89. The van der Waals surface area contributed by atoms with Gasteiger partial charge < -0.3 is 23.5 Å². The van der Waals surface area contributed by atoms with E-state index in [4.69, 9.17) is 33.7 Å². The smallest absolute Gasteiger partial charge is 0.459 e. The number of rotatable bonds is 13. The molecule has 1 fully saturated rings. The molecule has 3 rings (SSSR count). The molecule has 0 saturated carbocycles. The molecule has 1 aliphatic heterocycles. The predicted molar refractivity (Wildman–Crippen MR) is 158 cm³/mol. The van der Waals surface area contributed by atoms with Crippen molar-refractivity contribution in [2.24, 2.45) is 5.73 Å². The van der Waals surface area contributed by atoms with Crippen LogP contribution in [0.3, 0.4) is 0 Å². The van der Waals surface area contributed by atoms with E-state index in [1.165, 1.54) is 32.9 Å². The van der Waals surface area contributed by atoms with Crippen molar-refractivity contribution in [1.82, 2.24) is 14.6 Å². The number of para-hydroxylation sites is 1. The number of aromatic amines is 1. The fourth-order valence-electron chi connectivity index (χ4n) is 4.07. The molecule has 0 aliphatic carbocycles. The zero-order valence-electron chi connectivity index (χ0n) is 25.8. The number of esters is 3. The highest BCUT2D eigenvalue weighted by Gasteiger charge is 2.59. The summed E-state index contributed by atoms with van der Waals surface area (Å²) in [5.74, 6) is -2.18. The molecule has 1 aromatic carbocycles. The summed E-state index contributed by atoms with van der Waals surface area (Å²) in [5, 5.41) is 2.52. The van der Waals surface area contributed by atoms with Crippen molar-refractivity contribution in [3.8, 4) is 5.75 Å². The van der Waals surface area contributed by atoms with Crippen molar-refractivity contribution in [1.29, 1.82) is 0 Å². The van der Waals surface area contributed by atoms with Crippen LogP contribution in [0.2, 0.25) is 0 Å². The first-order chi connectivity index (χ1) is 21.0. The summed E-state index contributed by atoms with van der Waals surface area (Å²) in [7, 11) is -4.52. The van der Waals surface area contributed by atoms with Crippen LogP contribution in [0.1, 0.15) is 60.6 Å². The average molecular weight is 655 g/mol. The van der Waals surface area contributed by atoms with E-state index in [-0.39, 0.29) is 18.6 Å². The van der Waals surface area contributed by atoms with Gasteiger partial charge in [-0.1, -0.05) is 32.0 Å². The van der Waals surface area contributed by atoms with Gasteiger partial charge in [0.05, 0.1) is 0 Å². The number of aromatic nitrogens is 2. The van der Waals surface area contributed by atoms with Crippen molar-refractivity contribution in [3.05, 3.63) is 63.4 Å². The molecular weight excluding hydrogens is 615 g/mol. The number of nitrogens with one attached hydrogen (secondary N) is 2. The van der Waals surface area contributed by atoms with E-state index in [1.807, 2.05) is 0 Å². The van der Waals surface area contributed by atoms with Crippen molar-refractivity contribution < 1.29 is 46.9 Å². The zero-order chi connectivity index (χ0) is 33.6. The molecule has 1 aromatic heterocycles. The second-order valence-electron chi connectivity index (χ2n) is 11.1. The summed E-state index contributed by atoms with van der Waals surface area (Å²) in [5.41, 5.74) is 1.86. The van der Waals surface area contributed by atoms with Gasteiger partial charge in [-0.25, -0.2) is 9.36 Å². The van der Waals surface area contributed by atoms with Crippen LogP contribution >= 0.6 is 7.75 Å². The number of carbonyl (C=O) groups excluding carboxylic acids is 3. The molecule has 0 spiro atoms. The molecule has 1 unspecified atom stereocenters. The van der Waals surface area contributed by atoms with E-state index in [0.29, 0.717) is 0 Å². The molecule has 0 bridgehead atoms. The molecule has 2 heterocycles. The minimum atomic E-state index is -4.52. The third-order valence-electron chi connectivity index (χ3n) is 6.17. The van der Waals surface area contributed by atoms with Crippen LogP contribution in [0.25, 0.3) is 0 Å². The lowest BCUT2D eigenvalue weighted by Crippen LogP contribution is -2.57. The number of hydrogen-bond acceptors (Lipinski definition) is 13. The van der Waals surface area contributed by atoms with Gasteiger partial charge >= 0.3 is 31.3 Å². The Morgan fingerprint density at radius 2 is 1.71 bits per heavy atom. The van der Waals surface area contributed by atoms with Crippen LogP contribution in [0, 0.1) is 0 Å². The number of hydrogen-bond donors (Lipinski definition) is 3. The quantitative estimate of drug-likeness (QED) is 0.160. The molecule has 1 saturated heterocycles. The highest BCUT2D eigenvalue weighted by atomic mass is 31.2. The van der Waals surface area contributed by atoms with Crippen LogP contribution in [0.15, 0.2) is 52.2 Å². The number of nitrogens with two attached hydrogens (primary N) is 1.